The van der Waals surface area contributed by atoms with Crippen molar-refractivity contribution < 1.29 is 4.74 Å². The fourth-order valence-electron chi connectivity index (χ4n) is 2.78. The van der Waals surface area contributed by atoms with Gasteiger partial charge in [-0.1, -0.05) is 25.1 Å². The van der Waals surface area contributed by atoms with Crippen molar-refractivity contribution in [1.29, 1.82) is 0 Å². The molecule has 2 aromatic rings. The summed E-state index contributed by atoms with van der Waals surface area (Å²) >= 11 is 0. The van der Waals surface area contributed by atoms with E-state index in [1.807, 2.05) is 12.1 Å². The molecule has 0 bridgehead atoms. The van der Waals surface area contributed by atoms with E-state index < -0.39 is 0 Å². The minimum Gasteiger partial charge on any atom is -0.374 e. The number of morpholine rings is 1. The second kappa shape index (κ2) is 7.49. The Morgan fingerprint density at radius 2 is 2.27 bits per heavy atom. The lowest BCUT2D eigenvalue weighted by atomic mass is 10.1. The molecule has 0 spiro atoms. The van der Waals surface area contributed by atoms with Crippen LogP contribution in [-0.4, -0.2) is 58.6 Å². The Morgan fingerprint density at radius 3 is 3.09 bits per heavy atom. The number of benzene rings is 1. The number of hydrogen-bond acceptors (Lipinski definition) is 5. The van der Waals surface area contributed by atoms with Gasteiger partial charge in [-0.05, 0) is 18.2 Å². The third-order valence-electron chi connectivity index (χ3n) is 4.01. The first-order chi connectivity index (χ1) is 10.9. The number of nitrogens with one attached hydrogen (secondary N) is 1. The summed E-state index contributed by atoms with van der Waals surface area (Å²) in [4.78, 5) is 6.45. The number of rotatable bonds is 6. The third-order valence-corrected chi connectivity index (χ3v) is 4.01. The van der Waals surface area contributed by atoms with Gasteiger partial charge in [0.05, 0.1) is 18.4 Å². The molecule has 1 aliphatic heterocycles. The fourth-order valence-corrected chi connectivity index (χ4v) is 2.78. The van der Waals surface area contributed by atoms with Crippen LogP contribution in [0.3, 0.4) is 0 Å². The molecule has 1 N–H and O–H groups in total. The van der Waals surface area contributed by atoms with Crippen molar-refractivity contribution in [2.75, 3.05) is 32.8 Å². The predicted octanol–water partition coefficient (Wildman–Crippen LogP) is 1.08. The van der Waals surface area contributed by atoms with Gasteiger partial charge in [-0.15, -0.1) is 0 Å². The maximum absolute atomic E-state index is 5.82. The number of likely N-dealkylation sites (N-methyl/N-ethyl adjacent to an activating group) is 1. The highest BCUT2D eigenvalue weighted by atomic mass is 16.5. The van der Waals surface area contributed by atoms with Gasteiger partial charge in [0.2, 0.25) is 0 Å². The Morgan fingerprint density at radius 1 is 1.36 bits per heavy atom. The molecule has 0 aliphatic carbocycles. The lowest BCUT2D eigenvalue weighted by Gasteiger charge is -2.32. The van der Waals surface area contributed by atoms with Crippen LogP contribution >= 0.6 is 0 Å². The average molecular weight is 301 g/mol. The highest BCUT2D eigenvalue weighted by molar-refractivity contribution is 5.39. The van der Waals surface area contributed by atoms with Gasteiger partial charge < -0.3 is 10.1 Å². The summed E-state index contributed by atoms with van der Waals surface area (Å²) in [5.74, 6) is 0. The Hall–Kier alpha value is -1.76. The van der Waals surface area contributed by atoms with Crippen LogP contribution in [-0.2, 0) is 11.3 Å². The summed E-state index contributed by atoms with van der Waals surface area (Å²) in [7, 11) is 0. The SMILES string of the molecule is CCN1CCO[C@@H](CNCc2ccccc2-n2cncn2)C1. The molecular formula is C16H23N5O. The van der Waals surface area contributed by atoms with Crippen LogP contribution in [0.15, 0.2) is 36.9 Å². The standard InChI is InChI=1S/C16H23N5O/c1-2-20-7-8-22-15(11-20)10-17-9-14-5-3-4-6-16(14)21-13-18-12-19-21/h3-6,12-13,15,17H,2,7-11H2,1H3/t15-/m0/s1. The summed E-state index contributed by atoms with van der Waals surface area (Å²) in [6.45, 7) is 7.83. The van der Waals surface area contributed by atoms with E-state index in [1.165, 1.54) is 5.56 Å². The average Bonchev–Trinajstić information content (AvgIpc) is 3.10. The Balaban J connectivity index is 1.56. The first-order valence-electron chi connectivity index (χ1n) is 7.84. The zero-order valence-corrected chi connectivity index (χ0v) is 13.0. The molecule has 6 heteroatoms. The summed E-state index contributed by atoms with van der Waals surface area (Å²) in [6, 6.07) is 8.24. The van der Waals surface area contributed by atoms with E-state index in [9.17, 15) is 0 Å². The van der Waals surface area contributed by atoms with Gasteiger partial charge in [-0.3, -0.25) is 4.90 Å². The molecule has 0 unspecified atom stereocenters. The molecule has 1 saturated heterocycles. The molecule has 1 aliphatic rings. The first-order valence-corrected chi connectivity index (χ1v) is 7.84. The molecule has 2 heterocycles. The topological polar surface area (TPSA) is 55.2 Å². The van der Waals surface area contributed by atoms with E-state index in [-0.39, 0.29) is 6.10 Å². The molecule has 0 radical (unpaired) electrons. The van der Waals surface area contributed by atoms with Gasteiger partial charge in [0.1, 0.15) is 12.7 Å². The molecule has 3 rings (SSSR count). The summed E-state index contributed by atoms with van der Waals surface area (Å²) in [5.41, 5.74) is 2.27. The van der Waals surface area contributed by atoms with Crippen LogP contribution in [0.4, 0.5) is 0 Å². The van der Waals surface area contributed by atoms with Crippen LogP contribution in [0.1, 0.15) is 12.5 Å². The lowest BCUT2D eigenvalue weighted by molar-refractivity contribution is -0.0253. The summed E-state index contributed by atoms with van der Waals surface area (Å²) < 4.78 is 7.62. The van der Waals surface area contributed by atoms with Gasteiger partial charge in [0.25, 0.3) is 0 Å². The summed E-state index contributed by atoms with van der Waals surface area (Å²) in [6.07, 6.45) is 3.55. The monoisotopic (exact) mass is 301 g/mol. The number of nitrogens with zero attached hydrogens (tertiary/aromatic N) is 4. The van der Waals surface area contributed by atoms with Gasteiger partial charge >= 0.3 is 0 Å². The zero-order valence-electron chi connectivity index (χ0n) is 13.0. The van der Waals surface area contributed by atoms with Crippen molar-refractivity contribution in [2.45, 2.75) is 19.6 Å². The molecule has 0 saturated carbocycles. The lowest BCUT2D eigenvalue weighted by Crippen LogP contribution is -2.46. The van der Waals surface area contributed by atoms with Crippen LogP contribution < -0.4 is 5.32 Å². The van der Waals surface area contributed by atoms with Crippen molar-refractivity contribution in [3.05, 3.63) is 42.5 Å². The van der Waals surface area contributed by atoms with Crippen LogP contribution in [0, 0.1) is 0 Å². The minimum atomic E-state index is 0.271. The number of para-hydroxylation sites is 1. The van der Waals surface area contributed by atoms with E-state index in [1.54, 1.807) is 17.3 Å². The van der Waals surface area contributed by atoms with Crippen LogP contribution in [0.25, 0.3) is 5.69 Å². The Labute approximate surface area is 131 Å². The van der Waals surface area contributed by atoms with Gasteiger partial charge in [0.15, 0.2) is 0 Å². The molecule has 1 atom stereocenters. The van der Waals surface area contributed by atoms with E-state index in [2.05, 4.69) is 39.4 Å². The number of ether oxygens (including phenoxy) is 1. The largest absolute Gasteiger partial charge is 0.374 e. The first kappa shape index (κ1) is 15.1. The maximum Gasteiger partial charge on any atom is 0.138 e. The van der Waals surface area contributed by atoms with Crippen molar-refractivity contribution in [3.8, 4) is 5.69 Å². The van der Waals surface area contributed by atoms with E-state index in [4.69, 9.17) is 4.74 Å². The molecule has 118 valence electrons. The van der Waals surface area contributed by atoms with E-state index in [0.29, 0.717) is 0 Å². The van der Waals surface area contributed by atoms with Crippen molar-refractivity contribution >= 4 is 0 Å². The summed E-state index contributed by atoms with van der Waals surface area (Å²) in [5, 5.41) is 7.72. The molecular weight excluding hydrogens is 278 g/mol. The molecule has 0 amide bonds. The van der Waals surface area contributed by atoms with Crippen LogP contribution in [0.2, 0.25) is 0 Å². The van der Waals surface area contributed by atoms with E-state index in [0.717, 1.165) is 45.0 Å². The highest BCUT2D eigenvalue weighted by Crippen LogP contribution is 2.13. The van der Waals surface area contributed by atoms with E-state index >= 15 is 0 Å². The highest BCUT2D eigenvalue weighted by Gasteiger charge is 2.18. The normalized spacial score (nSPS) is 19.4. The molecule has 1 aromatic heterocycles. The molecule has 1 aromatic carbocycles. The number of aromatic nitrogens is 3. The minimum absolute atomic E-state index is 0.271. The van der Waals surface area contributed by atoms with Crippen molar-refractivity contribution in [2.24, 2.45) is 0 Å². The zero-order chi connectivity index (χ0) is 15.2. The Kier molecular flexibility index (Phi) is 5.15. The third kappa shape index (κ3) is 3.71. The fraction of sp³-hybridized carbons (Fsp3) is 0.500. The van der Waals surface area contributed by atoms with Crippen LogP contribution in [0.5, 0.6) is 0 Å². The maximum atomic E-state index is 5.82. The van der Waals surface area contributed by atoms with Gasteiger partial charge in [-0.2, -0.15) is 5.10 Å². The quantitative estimate of drug-likeness (QED) is 0.865. The molecule has 1 fully saturated rings. The predicted molar refractivity (Wildman–Crippen MR) is 84.9 cm³/mol. The second-order valence-corrected chi connectivity index (χ2v) is 5.49. The second-order valence-electron chi connectivity index (χ2n) is 5.49. The molecule has 22 heavy (non-hydrogen) atoms. The Bertz CT molecular complexity index is 572. The molecule has 6 nitrogen and oxygen atoms in total. The smallest absolute Gasteiger partial charge is 0.138 e. The van der Waals surface area contributed by atoms with Crippen molar-refractivity contribution in [3.63, 3.8) is 0 Å². The van der Waals surface area contributed by atoms with Gasteiger partial charge in [-0.25, -0.2) is 9.67 Å². The number of hydrogen-bond donors (Lipinski definition) is 1. The van der Waals surface area contributed by atoms with Gasteiger partial charge in [0, 0.05) is 26.2 Å². The van der Waals surface area contributed by atoms with Crippen molar-refractivity contribution in [1.82, 2.24) is 25.0 Å².